The van der Waals surface area contributed by atoms with Crippen LogP contribution in [-0.4, -0.2) is 14.2 Å². The molecule has 0 spiro atoms. The van der Waals surface area contributed by atoms with E-state index >= 15 is 0 Å². The van der Waals surface area contributed by atoms with E-state index < -0.39 is 0 Å². The van der Waals surface area contributed by atoms with Gasteiger partial charge >= 0.3 is 0 Å². The quantitative estimate of drug-likeness (QED) is 0.855. The summed E-state index contributed by atoms with van der Waals surface area (Å²) in [5.41, 5.74) is 3.88. The van der Waals surface area contributed by atoms with Crippen LogP contribution < -0.4 is 10.1 Å². The predicted molar refractivity (Wildman–Crippen MR) is 76.2 cm³/mol. The molecule has 2 heteroatoms. The van der Waals surface area contributed by atoms with E-state index in [0.29, 0.717) is 6.04 Å². The third-order valence-electron chi connectivity index (χ3n) is 4.23. The summed E-state index contributed by atoms with van der Waals surface area (Å²) in [6, 6.07) is 5.02. The second kappa shape index (κ2) is 5.75. The summed E-state index contributed by atoms with van der Waals surface area (Å²) in [4.78, 5) is 0. The van der Waals surface area contributed by atoms with Crippen LogP contribution in [0.5, 0.6) is 5.75 Å². The molecular formula is C16H25NO. The van der Waals surface area contributed by atoms with Crippen molar-refractivity contribution in [3.8, 4) is 5.75 Å². The molecule has 1 unspecified atom stereocenters. The Bertz CT molecular complexity index is 387. The lowest BCUT2D eigenvalue weighted by Crippen LogP contribution is -2.23. The van der Waals surface area contributed by atoms with Gasteiger partial charge in [-0.1, -0.05) is 31.4 Å². The molecule has 0 radical (unpaired) electrons. The largest absolute Gasteiger partial charge is 0.496 e. The van der Waals surface area contributed by atoms with E-state index in [1.165, 1.54) is 42.4 Å². The topological polar surface area (TPSA) is 21.3 Å². The van der Waals surface area contributed by atoms with Gasteiger partial charge in [-0.25, -0.2) is 0 Å². The minimum absolute atomic E-state index is 0.485. The van der Waals surface area contributed by atoms with Gasteiger partial charge in [-0.15, -0.1) is 0 Å². The van der Waals surface area contributed by atoms with Crippen molar-refractivity contribution in [2.45, 2.75) is 45.6 Å². The standard InChI is InChI=1S/C16H25NO/c1-11-8-14(9-12(2)16(11)18-4)15(17-3)10-13-6-5-7-13/h8-9,13,15,17H,5-7,10H2,1-4H3. The van der Waals surface area contributed by atoms with Gasteiger partial charge in [-0.3, -0.25) is 0 Å². The van der Waals surface area contributed by atoms with Gasteiger partial charge < -0.3 is 10.1 Å². The molecule has 0 saturated heterocycles. The van der Waals surface area contributed by atoms with Gasteiger partial charge in [0, 0.05) is 6.04 Å². The minimum atomic E-state index is 0.485. The highest BCUT2D eigenvalue weighted by atomic mass is 16.5. The van der Waals surface area contributed by atoms with Crippen molar-refractivity contribution in [2.24, 2.45) is 5.92 Å². The number of hydrogen-bond donors (Lipinski definition) is 1. The summed E-state index contributed by atoms with van der Waals surface area (Å²) < 4.78 is 5.44. The Kier molecular flexibility index (Phi) is 4.28. The SMILES string of the molecule is CNC(CC1CCC1)c1cc(C)c(OC)c(C)c1. The second-order valence-electron chi connectivity index (χ2n) is 5.56. The Labute approximate surface area is 111 Å². The number of aryl methyl sites for hydroxylation is 2. The van der Waals surface area contributed by atoms with E-state index in [-0.39, 0.29) is 0 Å². The Balaban J connectivity index is 2.19. The molecule has 0 amide bonds. The van der Waals surface area contributed by atoms with Gasteiger partial charge in [0.25, 0.3) is 0 Å². The lowest BCUT2D eigenvalue weighted by atomic mass is 9.79. The summed E-state index contributed by atoms with van der Waals surface area (Å²) in [7, 11) is 3.82. The third kappa shape index (κ3) is 2.69. The number of methoxy groups -OCH3 is 1. The summed E-state index contributed by atoms with van der Waals surface area (Å²) in [6.45, 7) is 4.26. The molecule has 1 aromatic rings. The molecule has 2 nitrogen and oxygen atoms in total. The maximum absolute atomic E-state index is 5.44. The first-order valence-electron chi connectivity index (χ1n) is 6.98. The van der Waals surface area contributed by atoms with Crippen LogP contribution in [0.2, 0.25) is 0 Å². The van der Waals surface area contributed by atoms with Gasteiger partial charge in [-0.05, 0) is 49.9 Å². The highest BCUT2D eigenvalue weighted by Crippen LogP contribution is 2.36. The first-order valence-corrected chi connectivity index (χ1v) is 6.98. The van der Waals surface area contributed by atoms with Crippen molar-refractivity contribution in [1.29, 1.82) is 0 Å². The maximum atomic E-state index is 5.44. The molecule has 100 valence electrons. The Morgan fingerprint density at radius 3 is 2.28 bits per heavy atom. The lowest BCUT2D eigenvalue weighted by molar-refractivity contribution is 0.265. The van der Waals surface area contributed by atoms with Crippen LogP contribution in [0.1, 0.15) is 48.4 Å². The van der Waals surface area contributed by atoms with Crippen LogP contribution in [-0.2, 0) is 0 Å². The fourth-order valence-corrected chi connectivity index (χ4v) is 2.99. The first kappa shape index (κ1) is 13.4. The molecular weight excluding hydrogens is 222 g/mol. The molecule has 0 heterocycles. The normalized spacial score (nSPS) is 17.3. The molecule has 1 N–H and O–H groups in total. The number of rotatable bonds is 5. The van der Waals surface area contributed by atoms with E-state index in [4.69, 9.17) is 4.74 Å². The van der Waals surface area contributed by atoms with Crippen molar-refractivity contribution >= 4 is 0 Å². The molecule has 1 aromatic carbocycles. The zero-order valence-electron chi connectivity index (χ0n) is 12.0. The highest BCUT2D eigenvalue weighted by molar-refractivity contribution is 5.44. The zero-order valence-corrected chi connectivity index (χ0v) is 12.0. The number of benzene rings is 1. The van der Waals surface area contributed by atoms with Gasteiger partial charge in [-0.2, -0.15) is 0 Å². The van der Waals surface area contributed by atoms with E-state index in [9.17, 15) is 0 Å². The van der Waals surface area contributed by atoms with E-state index in [2.05, 4.69) is 38.3 Å². The van der Waals surface area contributed by atoms with Gasteiger partial charge in [0.15, 0.2) is 0 Å². The van der Waals surface area contributed by atoms with Gasteiger partial charge in [0.05, 0.1) is 7.11 Å². The van der Waals surface area contributed by atoms with Crippen molar-refractivity contribution in [2.75, 3.05) is 14.2 Å². The maximum Gasteiger partial charge on any atom is 0.124 e. The second-order valence-corrected chi connectivity index (χ2v) is 5.56. The smallest absolute Gasteiger partial charge is 0.124 e. The molecule has 1 fully saturated rings. The van der Waals surface area contributed by atoms with Crippen LogP contribution >= 0.6 is 0 Å². The fourth-order valence-electron chi connectivity index (χ4n) is 2.99. The van der Waals surface area contributed by atoms with Crippen molar-refractivity contribution in [1.82, 2.24) is 5.32 Å². The average molecular weight is 247 g/mol. The third-order valence-corrected chi connectivity index (χ3v) is 4.23. The first-order chi connectivity index (χ1) is 8.65. The van der Waals surface area contributed by atoms with Crippen LogP contribution in [0.15, 0.2) is 12.1 Å². The van der Waals surface area contributed by atoms with E-state index in [0.717, 1.165) is 11.7 Å². The Hall–Kier alpha value is -1.02. The van der Waals surface area contributed by atoms with Crippen LogP contribution in [0.4, 0.5) is 0 Å². The molecule has 0 bridgehead atoms. The zero-order chi connectivity index (χ0) is 13.1. The fraction of sp³-hybridized carbons (Fsp3) is 0.625. The molecule has 0 aromatic heterocycles. The van der Waals surface area contributed by atoms with E-state index in [1.54, 1.807) is 7.11 Å². The monoisotopic (exact) mass is 247 g/mol. The average Bonchev–Trinajstić information content (AvgIpc) is 2.27. The lowest BCUT2D eigenvalue weighted by Gasteiger charge is -2.30. The summed E-state index contributed by atoms with van der Waals surface area (Å²) >= 11 is 0. The number of nitrogens with one attached hydrogen (secondary N) is 1. The van der Waals surface area contributed by atoms with Crippen molar-refractivity contribution < 1.29 is 4.74 Å². The molecule has 0 aliphatic heterocycles. The number of ether oxygens (including phenoxy) is 1. The van der Waals surface area contributed by atoms with Crippen LogP contribution in [0, 0.1) is 19.8 Å². The van der Waals surface area contributed by atoms with Crippen LogP contribution in [0.25, 0.3) is 0 Å². The molecule has 1 saturated carbocycles. The van der Waals surface area contributed by atoms with Gasteiger partial charge in [0.2, 0.25) is 0 Å². The summed E-state index contributed by atoms with van der Waals surface area (Å²) in [6.07, 6.45) is 5.50. The molecule has 18 heavy (non-hydrogen) atoms. The molecule has 1 aliphatic rings. The highest BCUT2D eigenvalue weighted by Gasteiger charge is 2.22. The molecule has 1 aliphatic carbocycles. The van der Waals surface area contributed by atoms with E-state index in [1.807, 2.05) is 0 Å². The Morgan fingerprint density at radius 1 is 1.28 bits per heavy atom. The van der Waals surface area contributed by atoms with Crippen molar-refractivity contribution in [3.05, 3.63) is 28.8 Å². The minimum Gasteiger partial charge on any atom is -0.496 e. The summed E-state index contributed by atoms with van der Waals surface area (Å²) in [5.74, 6) is 1.95. The Morgan fingerprint density at radius 2 is 1.89 bits per heavy atom. The van der Waals surface area contributed by atoms with Crippen LogP contribution in [0.3, 0.4) is 0 Å². The van der Waals surface area contributed by atoms with Crippen molar-refractivity contribution in [3.63, 3.8) is 0 Å². The molecule has 2 rings (SSSR count). The number of hydrogen-bond acceptors (Lipinski definition) is 2. The predicted octanol–water partition coefficient (Wildman–Crippen LogP) is 3.76. The summed E-state index contributed by atoms with van der Waals surface area (Å²) in [5, 5.41) is 3.47. The molecule has 1 atom stereocenters. The van der Waals surface area contributed by atoms with Gasteiger partial charge in [0.1, 0.15) is 5.75 Å².